The predicted molar refractivity (Wildman–Crippen MR) is 113 cm³/mol. The first-order valence-corrected chi connectivity index (χ1v) is 9.70. The lowest BCUT2D eigenvalue weighted by Crippen LogP contribution is -2.41. The molecule has 7 heteroatoms. The third-order valence-electron chi connectivity index (χ3n) is 4.39. The zero-order valence-corrected chi connectivity index (χ0v) is 17.0. The lowest BCUT2D eigenvalue weighted by Gasteiger charge is -2.23. The van der Waals surface area contributed by atoms with Gasteiger partial charge in [-0.3, -0.25) is 9.79 Å². The van der Waals surface area contributed by atoms with Gasteiger partial charge in [-0.15, -0.1) is 0 Å². The second-order valence-corrected chi connectivity index (χ2v) is 6.71. The Morgan fingerprint density at radius 3 is 2.52 bits per heavy atom. The third kappa shape index (κ3) is 7.81. The van der Waals surface area contributed by atoms with E-state index in [0.717, 1.165) is 11.3 Å². The maximum atomic E-state index is 13.1. The van der Waals surface area contributed by atoms with Gasteiger partial charge in [0, 0.05) is 13.6 Å². The Kier molecular flexibility index (Phi) is 8.95. The number of rotatable bonds is 10. The van der Waals surface area contributed by atoms with Gasteiger partial charge in [-0.2, -0.15) is 0 Å². The molecule has 0 spiro atoms. The summed E-state index contributed by atoms with van der Waals surface area (Å²) < 4.78 is 18.8. The Morgan fingerprint density at radius 2 is 1.90 bits per heavy atom. The van der Waals surface area contributed by atoms with Crippen LogP contribution in [0.3, 0.4) is 0 Å². The van der Waals surface area contributed by atoms with Crippen LogP contribution in [0.4, 0.5) is 4.39 Å². The van der Waals surface area contributed by atoms with Crippen LogP contribution >= 0.6 is 0 Å². The van der Waals surface area contributed by atoms with Crippen LogP contribution in [0.25, 0.3) is 0 Å². The first-order valence-electron chi connectivity index (χ1n) is 9.70. The minimum absolute atomic E-state index is 0.249. The molecule has 0 fully saturated rings. The van der Waals surface area contributed by atoms with Gasteiger partial charge in [-0.05, 0) is 43.2 Å². The fourth-order valence-electron chi connectivity index (χ4n) is 2.75. The highest BCUT2D eigenvalue weighted by molar-refractivity contribution is 5.81. The Labute approximate surface area is 171 Å². The number of nitrogens with zero attached hydrogens (tertiary/aromatic N) is 2. The molecule has 0 saturated carbocycles. The predicted octanol–water partition coefficient (Wildman–Crippen LogP) is 2.45. The molecule has 1 unspecified atom stereocenters. The van der Waals surface area contributed by atoms with E-state index in [-0.39, 0.29) is 12.4 Å². The molecule has 0 saturated heterocycles. The molecule has 0 bridgehead atoms. The number of halogens is 1. The van der Waals surface area contributed by atoms with Crippen molar-refractivity contribution in [3.63, 3.8) is 0 Å². The number of guanidine groups is 1. The van der Waals surface area contributed by atoms with E-state index < -0.39 is 11.8 Å². The average Bonchev–Trinajstić information content (AvgIpc) is 2.72. The van der Waals surface area contributed by atoms with Gasteiger partial charge >= 0.3 is 0 Å². The molecule has 0 heterocycles. The van der Waals surface area contributed by atoms with E-state index in [4.69, 9.17) is 10.5 Å². The second-order valence-electron chi connectivity index (χ2n) is 6.71. The van der Waals surface area contributed by atoms with Gasteiger partial charge in [0.25, 0.3) is 0 Å². The molecule has 1 amide bonds. The van der Waals surface area contributed by atoms with E-state index in [1.54, 1.807) is 12.1 Å². The maximum absolute atomic E-state index is 13.1. The van der Waals surface area contributed by atoms with Crippen molar-refractivity contribution >= 4 is 11.9 Å². The number of aliphatic imine (C=N–C) groups is 1. The number of amides is 1. The molecular formula is C22H29FN4O2. The summed E-state index contributed by atoms with van der Waals surface area (Å²) in [7, 11) is 1.91. The number of carbonyl (C=O) groups excluding carboxylic acids is 1. The topological polar surface area (TPSA) is 79.9 Å². The molecule has 29 heavy (non-hydrogen) atoms. The molecule has 156 valence electrons. The summed E-state index contributed by atoms with van der Waals surface area (Å²) in [5.41, 5.74) is 6.41. The van der Waals surface area contributed by atoms with Gasteiger partial charge < -0.3 is 20.7 Å². The van der Waals surface area contributed by atoms with Crippen LogP contribution in [0.5, 0.6) is 5.75 Å². The van der Waals surface area contributed by atoms with Crippen molar-refractivity contribution in [3.05, 3.63) is 66.0 Å². The van der Waals surface area contributed by atoms with Gasteiger partial charge in [0.2, 0.25) is 5.91 Å². The Hall–Kier alpha value is -3.09. The number of ether oxygens (including phenoxy) is 1. The van der Waals surface area contributed by atoms with Crippen LogP contribution < -0.4 is 15.8 Å². The summed E-state index contributed by atoms with van der Waals surface area (Å²) in [4.78, 5) is 18.4. The molecular weight excluding hydrogens is 371 g/mol. The number of benzene rings is 2. The average molecular weight is 400 g/mol. The Morgan fingerprint density at radius 1 is 1.21 bits per heavy atom. The number of primary amides is 1. The van der Waals surface area contributed by atoms with Gasteiger partial charge in [-0.25, -0.2) is 4.39 Å². The molecule has 1 atom stereocenters. The summed E-state index contributed by atoms with van der Waals surface area (Å²) in [6, 6.07) is 15.7. The summed E-state index contributed by atoms with van der Waals surface area (Å²) in [6.07, 6.45) is 0.416. The molecule has 2 aromatic rings. The monoisotopic (exact) mass is 400 g/mol. The summed E-state index contributed by atoms with van der Waals surface area (Å²) >= 11 is 0. The van der Waals surface area contributed by atoms with Crippen LogP contribution in [0, 0.1) is 11.7 Å². The van der Waals surface area contributed by atoms with Crippen LogP contribution in [0.1, 0.15) is 12.5 Å². The van der Waals surface area contributed by atoms with E-state index in [1.807, 2.05) is 49.2 Å². The minimum Gasteiger partial charge on any atom is -0.492 e. The van der Waals surface area contributed by atoms with Crippen molar-refractivity contribution in [1.29, 1.82) is 0 Å². The molecule has 0 radical (unpaired) electrons. The highest BCUT2D eigenvalue weighted by Crippen LogP contribution is 2.11. The number of carbonyl (C=O) groups is 1. The third-order valence-corrected chi connectivity index (χ3v) is 4.39. The van der Waals surface area contributed by atoms with E-state index in [2.05, 4.69) is 10.3 Å². The normalized spacial score (nSPS) is 12.3. The smallest absolute Gasteiger partial charge is 0.222 e. The maximum Gasteiger partial charge on any atom is 0.222 e. The highest BCUT2D eigenvalue weighted by atomic mass is 19.1. The number of para-hydroxylation sites is 1. The fourth-order valence-corrected chi connectivity index (χ4v) is 2.75. The molecule has 0 aliphatic rings. The van der Waals surface area contributed by atoms with Gasteiger partial charge in [0.05, 0.1) is 19.0 Å². The van der Waals surface area contributed by atoms with Gasteiger partial charge in [0.1, 0.15) is 18.2 Å². The lowest BCUT2D eigenvalue weighted by molar-refractivity contribution is -0.121. The number of likely N-dealkylation sites (N-methyl/N-ethyl adjacent to an activating group) is 1. The van der Waals surface area contributed by atoms with Crippen LogP contribution in [0.15, 0.2) is 59.6 Å². The lowest BCUT2D eigenvalue weighted by atomic mass is 9.99. The number of hydrogen-bond acceptors (Lipinski definition) is 3. The molecule has 2 rings (SSSR count). The SMILES string of the molecule is CCNC(=NCC(Cc1ccc(F)cc1)C(N)=O)N(C)CCOc1ccccc1. The first-order chi connectivity index (χ1) is 14.0. The largest absolute Gasteiger partial charge is 0.492 e. The van der Waals surface area contributed by atoms with Gasteiger partial charge in [-0.1, -0.05) is 30.3 Å². The fraction of sp³-hybridized carbons (Fsp3) is 0.364. The van der Waals surface area contributed by atoms with Crippen LogP contribution in [-0.4, -0.2) is 50.1 Å². The van der Waals surface area contributed by atoms with Gasteiger partial charge in [0.15, 0.2) is 5.96 Å². The standard InChI is InChI=1S/C22H29FN4O2/c1-3-25-22(27(2)13-14-29-20-7-5-4-6-8-20)26-16-18(21(24)28)15-17-9-11-19(23)12-10-17/h4-12,18H,3,13-16H2,1-2H3,(H2,24,28)(H,25,26). The second kappa shape index (κ2) is 11.7. The van der Waals surface area contributed by atoms with Crippen LogP contribution in [0.2, 0.25) is 0 Å². The molecule has 3 N–H and O–H groups in total. The molecule has 2 aromatic carbocycles. The molecule has 6 nitrogen and oxygen atoms in total. The quantitative estimate of drug-likeness (QED) is 0.474. The van der Waals surface area contributed by atoms with E-state index in [9.17, 15) is 9.18 Å². The van der Waals surface area contributed by atoms with E-state index in [1.165, 1.54) is 12.1 Å². The first kappa shape index (κ1) is 22.2. The molecule has 0 aromatic heterocycles. The van der Waals surface area contributed by atoms with Crippen molar-refractivity contribution in [2.24, 2.45) is 16.6 Å². The zero-order chi connectivity index (χ0) is 21.1. The molecule has 0 aliphatic heterocycles. The van der Waals surface area contributed by atoms with E-state index >= 15 is 0 Å². The summed E-state index contributed by atoms with van der Waals surface area (Å²) in [6.45, 7) is 4.05. The molecule has 0 aliphatic carbocycles. The van der Waals surface area contributed by atoms with Crippen molar-refractivity contribution in [2.45, 2.75) is 13.3 Å². The number of nitrogens with two attached hydrogens (primary N) is 1. The number of hydrogen-bond donors (Lipinski definition) is 2. The van der Waals surface area contributed by atoms with E-state index in [0.29, 0.717) is 32.1 Å². The highest BCUT2D eigenvalue weighted by Gasteiger charge is 2.17. The minimum atomic E-state index is -0.469. The summed E-state index contributed by atoms with van der Waals surface area (Å²) in [5, 5.41) is 3.22. The van der Waals surface area contributed by atoms with Crippen molar-refractivity contribution < 1.29 is 13.9 Å². The zero-order valence-electron chi connectivity index (χ0n) is 17.0. The van der Waals surface area contributed by atoms with Crippen LogP contribution in [-0.2, 0) is 11.2 Å². The van der Waals surface area contributed by atoms with Crippen molar-refractivity contribution in [3.8, 4) is 5.75 Å². The van der Waals surface area contributed by atoms with Crippen molar-refractivity contribution in [1.82, 2.24) is 10.2 Å². The number of nitrogens with one attached hydrogen (secondary N) is 1. The Balaban J connectivity index is 1.94. The Bertz CT molecular complexity index is 781. The van der Waals surface area contributed by atoms with Crippen molar-refractivity contribution in [2.75, 3.05) is 33.3 Å². The summed E-state index contributed by atoms with van der Waals surface area (Å²) in [5.74, 6) is 0.286.